The first-order chi connectivity index (χ1) is 32.6. The fourth-order valence-electron chi connectivity index (χ4n) is 11.0. The van der Waals surface area contributed by atoms with Gasteiger partial charge in [-0.2, -0.15) is 5.26 Å². The van der Waals surface area contributed by atoms with Gasteiger partial charge in [-0.05, 0) is 151 Å². The van der Waals surface area contributed by atoms with Crippen LogP contribution in [0.25, 0.3) is 88.6 Å². The second-order valence-electron chi connectivity index (χ2n) is 17.6. The molecule has 1 aromatic heterocycles. The molecule has 0 aliphatic carbocycles. The summed E-state index contributed by atoms with van der Waals surface area (Å²) < 4.78 is 2.65. The Labute approximate surface area is 384 Å². The van der Waals surface area contributed by atoms with Crippen molar-refractivity contribution in [2.24, 2.45) is 0 Å². The molecule has 0 atom stereocenters. The van der Waals surface area contributed by atoms with Crippen LogP contribution in [0.4, 0.5) is 17.1 Å². The van der Waals surface area contributed by atoms with Crippen LogP contribution in [0, 0.1) is 18.3 Å². The molecule has 0 amide bonds. The maximum Gasteiger partial charge on any atom is 0.333 e. The van der Waals surface area contributed by atoms with Crippen LogP contribution in [0.2, 0.25) is 0 Å². The van der Waals surface area contributed by atoms with Crippen molar-refractivity contribution in [1.82, 2.24) is 4.48 Å². The molecule has 66 heavy (non-hydrogen) atoms. The summed E-state index contributed by atoms with van der Waals surface area (Å²) in [6, 6.07) is 84.0. The van der Waals surface area contributed by atoms with Crippen molar-refractivity contribution < 1.29 is 0 Å². The Hall–Kier alpha value is -8.65. The normalized spacial score (nSPS) is 12.2. The zero-order valence-electron chi connectivity index (χ0n) is 36.3. The Morgan fingerprint density at radius 1 is 0.424 bits per heavy atom. The Balaban J connectivity index is 1.18. The van der Waals surface area contributed by atoms with Crippen LogP contribution in [-0.4, -0.2) is 11.3 Å². The molecule has 0 fully saturated rings. The molecule has 13 rings (SSSR count). The van der Waals surface area contributed by atoms with E-state index in [1.807, 2.05) is 18.2 Å². The molecule has 0 spiro atoms. The second kappa shape index (κ2) is 15.0. The minimum Gasteiger partial charge on any atom is -0.375 e. The highest BCUT2D eigenvalue weighted by Gasteiger charge is 2.44. The molecule has 0 bridgehead atoms. The molecule has 2 aliphatic rings. The number of benzene rings is 10. The first kappa shape index (κ1) is 37.9. The Morgan fingerprint density at radius 2 is 0.985 bits per heavy atom. The standard InChI is InChI=1S/C62H40BN3/c1-40-52(47-26-16-17-41(31-47)39-64)38-59-61-60(40)55-37-50(45-24-12-5-13-25-45)36-54-53-35-46(42-18-6-2-7-19-42)29-30-57(53)66(62(54)55)63(61)56-27-14-15-28-58(56)65(59)51-33-48(43-20-8-3-9-21-43)32-49(34-51)44-22-10-4-11-23-44/h2-38H,1H3. The van der Waals surface area contributed by atoms with Crippen molar-refractivity contribution in [2.75, 3.05) is 4.90 Å². The average molecular weight is 838 g/mol. The highest BCUT2D eigenvalue weighted by Crippen LogP contribution is 2.50. The van der Waals surface area contributed by atoms with Gasteiger partial charge in [0.2, 0.25) is 0 Å². The molecule has 4 heteroatoms. The quantitative estimate of drug-likeness (QED) is 0.156. The molecule has 2 aliphatic heterocycles. The highest BCUT2D eigenvalue weighted by atomic mass is 15.2. The van der Waals surface area contributed by atoms with E-state index in [2.05, 4.69) is 229 Å². The topological polar surface area (TPSA) is 32.0 Å². The summed E-state index contributed by atoms with van der Waals surface area (Å²) in [5, 5.41) is 12.7. The zero-order valence-corrected chi connectivity index (χ0v) is 36.3. The lowest BCUT2D eigenvalue weighted by Crippen LogP contribution is -2.56. The smallest absolute Gasteiger partial charge is 0.333 e. The van der Waals surface area contributed by atoms with E-state index in [4.69, 9.17) is 0 Å². The fourth-order valence-corrected chi connectivity index (χ4v) is 11.0. The van der Waals surface area contributed by atoms with E-state index in [-0.39, 0.29) is 6.85 Å². The number of rotatable bonds is 6. The van der Waals surface area contributed by atoms with Crippen molar-refractivity contribution in [3.05, 3.63) is 236 Å². The Kier molecular flexibility index (Phi) is 8.60. The van der Waals surface area contributed by atoms with Crippen LogP contribution in [0.1, 0.15) is 11.1 Å². The highest BCUT2D eigenvalue weighted by molar-refractivity contribution is 6.90. The van der Waals surface area contributed by atoms with Gasteiger partial charge in [-0.15, -0.1) is 0 Å². The van der Waals surface area contributed by atoms with Gasteiger partial charge >= 0.3 is 6.85 Å². The van der Waals surface area contributed by atoms with Crippen molar-refractivity contribution in [1.29, 1.82) is 5.26 Å². The summed E-state index contributed by atoms with van der Waals surface area (Å²) in [4.78, 5) is 2.52. The molecule has 0 N–H and O–H groups in total. The number of anilines is 3. The number of hydrogen-bond acceptors (Lipinski definition) is 2. The van der Waals surface area contributed by atoms with Gasteiger partial charge in [0.25, 0.3) is 0 Å². The van der Waals surface area contributed by atoms with Crippen molar-refractivity contribution in [2.45, 2.75) is 6.92 Å². The number of hydrogen-bond donors (Lipinski definition) is 0. The fraction of sp³-hybridized carbons (Fsp3) is 0.0161. The molecule has 0 saturated heterocycles. The van der Waals surface area contributed by atoms with E-state index >= 15 is 0 Å². The van der Waals surface area contributed by atoms with Crippen LogP contribution in [-0.2, 0) is 0 Å². The first-order valence-electron chi connectivity index (χ1n) is 22.7. The van der Waals surface area contributed by atoms with E-state index in [1.54, 1.807) is 0 Å². The molecule has 0 radical (unpaired) electrons. The minimum absolute atomic E-state index is 0.121. The van der Waals surface area contributed by atoms with Gasteiger partial charge in [0.1, 0.15) is 0 Å². The summed E-state index contributed by atoms with van der Waals surface area (Å²) in [5.41, 5.74) is 24.2. The van der Waals surface area contributed by atoms with Gasteiger partial charge in [-0.1, -0.05) is 158 Å². The molecule has 0 unspecified atom stereocenters. The lowest BCUT2D eigenvalue weighted by molar-refractivity contribution is 1.25. The maximum absolute atomic E-state index is 10.2. The number of nitrogens with zero attached hydrogens (tertiary/aromatic N) is 3. The van der Waals surface area contributed by atoms with Crippen LogP contribution < -0.4 is 15.8 Å². The third kappa shape index (κ3) is 5.84. The Morgan fingerprint density at radius 3 is 1.62 bits per heavy atom. The van der Waals surface area contributed by atoms with Crippen LogP contribution >= 0.6 is 0 Å². The summed E-state index contributed by atoms with van der Waals surface area (Å²) >= 11 is 0. The minimum atomic E-state index is -0.121. The largest absolute Gasteiger partial charge is 0.375 e. The predicted molar refractivity (Wildman–Crippen MR) is 277 cm³/mol. The molecular weight excluding hydrogens is 798 g/mol. The zero-order chi connectivity index (χ0) is 43.9. The van der Waals surface area contributed by atoms with Crippen LogP contribution in [0.3, 0.4) is 0 Å². The van der Waals surface area contributed by atoms with E-state index in [1.165, 1.54) is 71.7 Å². The summed E-state index contributed by atoms with van der Waals surface area (Å²) in [6.07, 6.45) is 0. The van der Waals surface area contributed by atoms with Crippen LogP contribution in [0.15, 0.2) is 224 Å². The molecular formula is C62H40BN3. The lowest BCUT2D eigenvalue weighted by atomic mass is 9.44. The van der Waals surface area contributed by atoms with Gasteiger partial charge in [0, 0.05) is 44.4 Å². The van der Waals surface area contributed by atoms with E-state index in [0.29, 0.717) is 5.56 Å². The third-order valence-electron chi connectivity index (χ3n) is 13.9. The molecule has 10 aromatic carbocycles. The van der Waals surface area contributed by atoms with E-state index < -0.39 is 0 Å². The van der Waals surface area contributed by atoms with Gasteiger partial charge < -0.3 is 9.38 Å². The predicted octanol–water partition coefficient (Wildman–Crippen LogP) is 14.7. The maximum atomic E-state index is 10.2. The van der Waals surface area contributed by atoms with Crippen molar-refractivity contribution in [3.63, 3.8) is 0 Å². The van der Waals surface area contributed by atoms with Crippen LogP contribution in [0.5, 0.6) is 0 Å². The van der Waals surface area contributed by atoms with E-state index in [0.717, 1.165) is 50.4 Å². The molecule has 3 nitrogen and oxygen atoms in total. The van der Waals surface area contributed by atoms with E-state index in [9.17, 15) is 5.26 Å². The first-order valence-corrected chi connectivity index (χ1v) is 22.7. The summed E-state index contributed by atoms with van der Waals surface area (Å²) in [7, 11) is 0. The van der Waals surface area contributed by atoms with Gasteiger partial charge in [-0.25, -0.2) is 0 Å². The van der Waals surface area contributed by atoms with Crippen molar-refractivity contribution in [3.8, 4) is 72.8 Å². The molecule has 306 valence electrons. The summed E-state index contributed by atoms with van der Waals surface area (Å²) in [6.45, 7) is 2.17. The Bertz CT molecular complexity index is 3720. The number of nitriles is 1. The van der Waals surface area contributed by atoms with Gasteiger partial charge in [0.15, 0.2) is 0 Å². The second-order valence-corrected chi connectivity index (χ2v) is 17.6. The number of fused-ring (bicyclic) bond motifs is 7. The molecule has 0 saturated carbocycles. The van der Waals surface area contributed by atoms with Gasteiger partial charge in [-0.3, -0.25) is 0 Å². The molecule has 3 heterocycles. The summed E-state index contributed by atoms with van der Waals surface area (Å²) in [5.74, 6) is 0. The lowest BCUT2D eigenvalue weighted by Gasteiger charge is -2.42. The monoisotopic (exact) mass is 837 g/mol. The van der Waals surface area contributed by atoms with Gasteiger partial charge in [0.05, 0.1) is 11.6 Å². The number of para-hydroxylation sites is 1. The average Bonchev–Trinajstić information content (AvgIpc) is 3.72. The third-order valence-corrected chi connectivity index (χ3v) is 13.9. The SMILES string of the molecule is Cc1c(-c2cccc(C#N)c2)cc2c3c1-c1cc(-c4ccccc4)cc4c5cc(-c6ccccc6)ccc5n(c14)B3c1ccccc1N2c1cc(-c2ccccc2)cc(-c2ccccc2)c1. The number of aromatic nitrogens is 1. The molecule has 11 aromatic rings. The van der Waals surface area contributed by atoms with Crippen molar-refractivity contribution >= 4 is 56.6 Å².